The highest BCUT2D eigenvalue weighted by molar-refractivity contribution is 7.09. The number of nitrogens with one attached hydrogen (secondary N) is 1. The molecule has 0 aliphatic heterocycles. The lowest BCUT2D eigenvalue weighted by atomic mass is 10.1. The number of hydrogen-bond acceptors (Lipinski definition) is 5. The number of amides is 1. The van der Waals surface area contributed by atoms with Gasteiger partial charge in [-0.1, -0.05) is 6.07 Å². The zero-order chi connectivity index (χ0) is 16.2. The lowest BCUT2D eigenvalue weighted by Crippen LogP contribution is -2.27. The highest BCUT2D eigenvalue weighted by atomic mass is 32.1. The van der Waals surface area contributed by atoms with Crippen LogP contribution in [0.3, 0.4) is 0 Å². The fraction of sp³-hybridized carbons (Fsp3) is 0.312. The van der Waals surface area contributed by atoms with E-state index in [9.17, 15) is 4.79 Å². The van der Waals surface area contributed by atoms with Crippen molar-refractivity contribution in [1.82, 2.24) is 20.1 Å². The number of pyridine rings is 1. The maximum atomic E-state index is 12.4. The Hall–Kier alpha value is -2.25. The van der Waals surface area contributed by atoms with Gasteiger partial charge < -0.3 is 10.1 Å². The molecule has 3 aromatic rings. The van der Waals surface area contributed by atoms with Crippen LogP contribution in [0.5, 0.6) is 0 Å². The van der Waals surface area contributed by atoms with Gasteiger partial charge in [0.25, 0.3) is 5.91 Å². The summed E-state index contributed by atoms with van der Waals surface area (Å²) in [5, 5.41) is 10.1. The van der Waals surface area contributed by atoms with Crippen molar-refractivity contribution in [3.8, 4) is 0 Å². The Morgan fingerprint density at radius 2 is 2.35 bits per heavy atom. The molecule has 0 aliphatic rings. The molecule has 0 aromatic carbocycles. The van der Waals surface area contributed by atoms with Crippen molar-refractivity contribution in [2.24, 2.45) is 0 Å². The third kappa shape index (κ3) is 3.40. The van der Waals surface area contributed by atoms with Crippen LogP contribution in [-0.4, -0.2) is 40.9 Å². The number of carbonyl (C=O) groups is 1. The summed E-state index contributed by atoms with van der Waals surface area (Å²) >= 11 is 1.68. The van der Waals surface area contributed by atoms with Gasteiger partial charge in [-0.2, -0.15) is 5.10 Å². The minimum atomic E-state index is -0.131. The van der Waals surface area contributed by atoms with E-state index in [1.165, 1.54) is 4.88 Å². The number of aromatic nitrogens is 3. The van der Waals surface area contributed by atoms with Crippen LogP contribution in [0, 0.1) is 6.92 Å². The molecule has 0 saturated heterocycles. The van der Waals surface area contributed by atoms with Crippen LogP contribution in [0.1, 0.15) is 20.9 Å². The molecular formula is C16H18N4O2S. The van der Waals surface area contributed by atoms with Crippen molar-refractivity contribution in [3.63, 3.8) is 0 Å². The van der Waals surface area contributed by atoms with Gasteiger partial charge in [0.05, 0.1) is 30.3 Å². The van der Waals surface area contributed by atoms with Crippen LogP contribution in [0.4, 0.5) is 0 Å². The number of ether oxygens (including phenoxy) is 1. The Bertz CT molecular complexity index is 811. The first kappa shape index (κ1) is 15.6. The third-order valence-corrected chi connectivity index (χ3v) is 4.32. The van der Waals surface area contributed by atoms with Gasteiger partial charge in [-0.05, 0) is 24.4 Å². The molecule has 0 bridgehead atoms. The van der Waals surface area contributed by atoms with Crippen molar-refractivity contribution in [2.45, 2.75) is 13.5 Å². The standard InChI is InChI=1S/C16H18N4O2S/c1-11-8-13(16(21)17-5-6-22-2)14-9-18-20(15(14)19-11)10-12-4-3-7-23-12/h3-4,7-9H,5-6,10H2,1-2H3,(H,17,21). The Kier molecular flexibility index (Phi) is 4.68. The average molecular weight is 330 g/mol. The van der Waals surface area contributed by atoms with Crippen LogP contribution in [0.2, 0.25) is 0 Å². The van der Waals surface area contributed by atoms with E-state index in [1.54, 1.807) is 30.7 Å². The minimum absolute atomic E-state index is 0.131. The number of aryl methyl sites for hydroxylation is 1. The number of hydrogen-bond donors (Lipinski definition) is 1. The summed E-state index contributed by atoms with van der Waals surface area (Å²) in [7, 11) is 1.61. The maximum Gasteiger partial charge on any atom is 0.252 e. The van der Waals surface area contributed by atoms with E-state index in [0.717, 1.165) is 16.7 Å². The van der Waals surface area contributed by atoms with Gasteiger partial charge in [-0.25, -0.2) is 9.67 Å². The SMILES string of the molecule is COCCNC(=O)c1cc(C)nc2c1cnn2Cc1cccs1. The smallest absolute Gasteiger partial charge is 0.252 e. The number of rotatable bonds is 6. The molecule has 23 heavy (non-hydrogen) atoms. The molecule has 1 N–H and O–H groups in total. The summed E-state index contributed by atoms with van der Waals surface area (Å²) in [6.07, 6.45) is 1.71. The van der Waals surface area contributed by atoms with Crippen molar-refractivity contribution in [1.29, 1.82) is 0 Å². The van der Waals surface area contributed by atoms with Crippen LogP contribution in [0.25, 0.3) is 11.0 Å². The van der Waals surface area contributed by atoms with E-state index in [4.69, 9.17) is 4.74 Å². The molecule has 120 valence electrons. The van der Waals surface area contributed by atoms with Crippen molar-refractivity contribution >= 4 is 28.3 Å². The zero-order valence-electron chi connectivity index (χ0n) is 13.1. The highest BCUT2D eigenvalue weighted by Gasteiger charge is 2.15. The fourth-order valence-electron chi connectivity index (χ4n) is 2.39. The first-order valence-electron chi connectivity index (χ1n) is 7.31. The molecule has 0 aliphatic carbocycles. The van der Waals surface area contributed by atoms with Crippen LogP contribution < -0.4 is 5.32 Å². The van der Waals surface area contributed by atoms with Gasteiger partial charge in [0.2, 0.25) is 0 Å². The molecule has 0 atom stereocenters. The summed E-state index contributed by atoms with van der Waals surface area (Å²) in [6, 6.07) is 5.87. The van der Waals surface area contributed by atoms with Crippen molar-refractivity contribution < 1.29 is 9.53 Å². The molecule has 3 aromatic heterocycles. The van der Waals surface area contributed by atoms with Gasteiger partial charge >= 0.3 is 0 Å². The zero-order valence-corrected chi connectivity index (χ0v) is 13.9. The molecule has 3 rings (SSSR count). The Labute approximate surface area is 138 Å². The fourth-order valence-corrected chi connectivity index (χ4v) is 3.07. The Morgan fingerprint density at radius 3 is 3.09 bits per heavy atom. The second-order valence-electron chi connectivity index (χ2n) is 5.18. The van der Waals surface area contributed by atoms with E-state index in [-0.39, 0.29) is 5.91 Å². The van der Waals surface area contributed by atoms with Gasteiger partial charge in [0, 0.05) is 24.2 Å². The first-order valence-corrected chi connectivity index (χ1v) is 8.19. The molecule has 0 fully saturated rings. The molecule has 6 nitrogen and oxygen atoms in total. The summed E-state index contributed by atoms with van der Waals surface area (Å²) in [4.78, 5) is 18.1. The lowest BCUT2D eigenvalue weighted by molar-refractivity contribution is 0.0938. The summed E-state index contributed by atoms with van der Waals surface area (Å²) in [5.74, 6) is -0.131. The van der Waals surface area contributed by atoms with Crippen LogP contribution >= 0.6 is 11.3 Å². The van der Waals surface area contributed by atoms with Crippen molar-refractivity contribution in [2.75, 3.05) is 20.3 Å². The number of methoxy groups -OCH3 is 1. The molecule has 0 radical (unpaired) electrons. The molecule has 1 amide bonds. The summed E-state index contributed by atoms with van der Waals surface area (Å²) < 4.78 is 6.79. The molecule has 0 unspecified atom stereocenters. The number of nitrogens with zero attached hydrogens (tertiary/aromatic N) is 3. The number of thiophene rings is 1. The molecular weight excluding hydrogens is 312 g/mol. The van der Waals surface area contributed by atoms with E-state index in [0.29, 0.717) is 25.3 Å². The summed E-state index contributed by atoms with van der Waals surface area (Å²) in [6.45, 7) is 3.49. The Morgan fingerprint density at radius 1 is 1.48 bits per heavy atom. The monoisotopic (exact) mass is 330 g/mol. The Balaban J connectivity index is 1.93. The first-order chi connectivity index (χ1) is 11.2. The number of fused-ring (bicyclic) bond motifs is 1. The third-order valence-electron chi connectivity index (χ3n) is 3.46. The summed E-state index contributed by atoms with van der Waals surface area (Å²) in [5.41, 5.74) is 2.12. The van der Waals surface area contributed by atoms with E-state index in [2.05, 4.69) is 21.5 Å². The average Bonchev–Trinajstić information content (AvgIpc) is 3.18. The van der Waals surface area contributed by atoms with Crippen molar-refractivity contribution in [3.05, 3.63) is 45.9 Å². The maximum absolute atomic E-state index is 12.4. The van der Waals surface area contributed by atoms with Gasteiger partial charge in [-0.15, -0.1) is 11.3 Å². The molecule has 7 heteroatoms. The molecule has 0 spiro atoms. The predicted octanol–water partition coefficient (Wildman–Crippen LogP) is 2.23. The quantitative estimate of drug-likeness (QED) is 0.704. The molecule has 0 saturated carbocycles. The lowest BCUT2D eigenvalue weighted by Gasteiger charge is -2.07. The number of carbonyl (C=O) groups excluding carboxylic acids is 1. The van der Waals surface area contributed by atoms with E-state index >= 15 is 0 Å². The largest absolute Gasteiger partial charge is 0.383 e. The predicted molar refractivity (Wildman–Crippen MR) is 89.9 cm³/mol. The van der Waals surface area contributed by atoms with Gasteiger partial charge in [-0.3, -0.25) is 4.79 Å². The second-order valence-corrected chi connectivity index (χ2v) is 6.21. The highest BCUT2D eigenvalue weighted by Crippen LogP contribution is 2.20. The van der Waals surface area contributed by atoms with E-state index in [1.807, 2.05) is 23.1 Å². The second kappa shape index (κ2) is 6.89. The topological polar surface area (TPSA) is 69.0 Å². The molecule has 3 heterocycles. The van der Waals surface area contributed by atoms with E-state index < -0.39 is 0 Å². The van der Waals surface area contributed by atoms with Gasteiger partial charge in [0.1, 0.15) is 0 Å². The van der Waals surface area contributed by atoms with Crippen LogP contribution in [-0.2, 0) is 11.3 Å². The normalized spacial score (nSPS) is 11.0. The minimum Gasteiger partial charge on any atom is -0.383 e. The van der Waals surface area contributed by atoms with Crippen LogP contribution in [0.15, 0.2) is 29.8 Å². The van der Waals surface area contributed by atoms with Gasteiger partial charge in [0.15, 0.2) is 5.65 Å².